The summed E-state index contributed by atoms with van der Waals surface area (Å²) in [6.07, 6.45) is 1.88. The Morgan fingerprint density at radius 3 is 2.77 bits per heavy atom. The van der Waals surface area contributed by atoms with Gasteiger partial charge < -0.3 is 15.2 Å². The lowest BCUT2D eigenvalue weighted by Gasteiger charge is -2.29. The number of aliphatic hydroxyl groups excluding tert-OH is 1. The summed E-state index contributed by atoms with van der Waals surface area (Å²) in [4.78, 5) is 19.8. The molecule has 2 aromatic heterocycles. The second kappa shape index (κ2) is 7.32. The third kappa shape index (κ3) is 4.51. The minimum absolute atomic E-state index is 0.0640. The lowest BCUT2D eigenvalue weighted by molar-refractivity contribution is -0.137. The molecule has 0 atom stereocenters. The fourth-order valence-electron chi connectivity index (χ4n) is 2.71. The first kappa shape index (κ1) is 18.2. The van der Waals surface area contributed by atoms with Crippen LogP contribution in [0, 0.1) is 6.92 Å². The topological polar surface area (TPSA) is 102 Å². The van der Waals surface area contributed by atoms with Gasteiger partial charge in [-0.05, 0) is 25.8 Å². The van der Waals surface area contributed by atoms with Crippen molar-refractivity contribution in [3.05, 3.63) is 24.0 Å². The number of halogens is 2. The molecule has 0 bridgehead atoms. The zero-order valence-electron chi connectivity index (χ0n) is 14.2. The van der Waals surface area contributed by atoms with Gasteiger partial charge in [0, 0.05) is 31.1 Å². The smallest absolute Gasteiger partial charge is 0.338 e. The number of aromatic nitrogens is 4. The van der Waals surface area contributed by atoms with Gasteiger partial charge in [-0.15, -0.1) is 0 Å². The number of aliphatic hydroxyl groups is 1. The molecule has 2 heterocycles. The normalized spacial score (nSPS) is 17.1. The predicted molar refractivity (Wildman–Crippen MR) is 87.4 cm³/mol. The minimum Gasteiger partial charge on any atom is -0.405 e. The van der Waals surface area contributed by atoms with E-state index in [9.17, 15) is 13.6 Å². The Morgan fingerprint density at radius 1 is 1.42 bits per heavy atom. The van der Waals surface area contributed by atoms with Gasteiger partial charge in [0.05, 0.1) is 5.69 Å². The van der Waals surface area contributed by atoms with Crippen LogP contribution in [-0.2, 0) is 4.79 Å². The van der Waals surface area contributed by atoms with Gasteiger partial charge in [0.2, 0.25) is 11.8 Å². The molecule has 0 amide bonds. The van der Waals surface area contributed by atoms with Gasteiger partial charge in [-0.3, -0.25) is 0 Å². The summed E-state index contributed by atoms with van der Waals surface area (Å²) in [5.74, 6) is -3.06. The molecule has 1 fully saturated rings. The average molecular weight is 367 g/mol. The number of rotatable bonds is 5. The summed E-state index contributed by atoms with van der Waals surface area (Å²) >= 11 is 0. The Labute approximate surface area is 148 Å². The molecule has 3 rings (SSSR count). The maximum absolute atomic E-state index is 13.3. The van der Waals surface area contributed by atoms with E-state index in [1.165, 1.54) is 10.7 Å². The van der Waals surface area contributed by atoms with Gasteiger partial charge >= 0.3 is 5.97 Å². The molecule has 0 aromatic carbocycles. The van der Waals surface area contributed by atoms with E-state index in [2.05, 4.69) is 20.4 Å². The van der Waals surface area contributed by atoms with Crippen molar-refractivity contribution in [2.45, 2.75) is 44.6 Å². The van der Waals surface area contributed by atoms with Gasteiger partial charge in [-0.2, -0.15) is 15.1 Å². The molecule has 0 saturated heterocycles. The number of ether oxygens (including phenoxy) is 1. The zero-order chi connectivity index (χ0) is 18.7. The van der Waals surface area contributed by atoms with E-state index in [1.807, 2.05) is 0 Å². The molecule has 0 unspecified atom stereocenters. The molecular weight excluding hydrogens is 348 g/mol. The lowest BCUT2D eigenvalue weighted by atomic mass is 9.92. The summed E-state index contributed by atoms with van der Waals surface area (Å²) in [5.41, 5.74) is 0.746. The van der Waals surface area contributed by atoms with Crippen molar-refractivity contribution in [1.82, 2.24) is 19.7 Å². The van der Waals surface area contributed by atoms with Gasteiger partial charge in [0.25, 0.3) is 5.95 Å². The number of alkyl halides is 2. The number of nitrogens with one attached hydrogen (secondary N) is 1. The number of hydrogen-bond donors (Lipinski definition) is 2. The van der Waals surface area contributed by atoms with Crippen LogP contribution in [0.1, 0.15) is 31.4 Å². The number of carbonyl (C=O) groups excluding carboxylic acids is 1. The Hall–Kier alpha value is -2.62. The fraction of sp³-hybridized carbons (Fsp3) is 0.500. The van der Waals surface area contributed by atoms with Crippen LogP contribution < -0.4 is 10.1 Å². The number of anilines is 1. The highest BCUT2D eigenvalue weighted by molar-refractivity contribution is 5.73. The first-order valence-corrected chi connectivity index (χ1v) is 8.22. The molecule has 2 N–H and O–H groups in total. The minimum atomic E-state index is -2.62. The highest BCUT2D eigenvalue weighted by Gasteiger charge is 2.35. The second-order valence-electron chi connectivity index (χ2n) is 6.20. The molecule has 1 aliphatic carbocycles. The van der Waals surface area contributed by atoms with E-state index < -0.39 is 18.5 Å². The van der Waals surface area contributed by atoms with Gasteiger partial charge in [0.1, 0.15) is 12.4 Å². The largest absolute Gasteiger partial charge is 0.405 e. The second-order valence-corrected chi connectivity index (χ2v) is 6.20. The molecule has 10 heteroatoms. The molecule has 1 aliphatic rings. The monoisotopic (exact) mass is 367 g/mol. The third-order valence-corrected chi connectivity index (χ3v) is 4.03. The molecular formula is C16H19F2N5O3. The van der Waals surface area contributed by atoms with Crippen LogP contribution in [0.5, 0.6) is 5.88 Å². The fourth-order valence-corrected chi connectivity index (χ4v) is 2.71. The van der Waals surface area contributed by atoms with Crippen molar-refractivity contribution >= 4 is 11.8 Å². The highest BCUT2D eigenvalue weighted by Crippen LogP contribution is 2.34. The first-order chi connectivity index (χ1) is 12.3. The Bertz CT molecular complexity index is 786. The van der Waals surface area contributed by atoms with Crippen molar-refractivity contribution in [2.24, 2.45) is 0 Å². The molecule has 0 spiro atoms. The molecule has 26 heavy (non-hydrogen) atoms. The Morgan fingerprint density at radius 2 is 2.15 bits per heavy atom. The van der Waals surface area contributed by atoms with Gasteiger partial charge in [-0.25, -0.2) is 18.3 Å². The van der Waals surface area contributed by atoms with Crippen molar-refractivity contribution < 1.29 is 23.4 Å². The lowest BCUT2D eigenvalue weighted by Crippen LogP contribution is -2.32. The van der Waals surface area contributed by atoms with Crippen LogP contribution in [0.15, 0.2) is 18.3 Å². The van der Waals surface area contributed by atoms with Crippen molar-refractivity contribution in [2.75, 3.05) is 11.9 Å². The molecule has 8 nitrogen and oxygen atoms in total. The van der Waals surface area contributed by atoms with Crippen molar-refractivity contribution in [1.29, 1.82) is 0 Å². The third-order valence-electron chi connectivity index (χ3n) is 4.03. The van der Waals surface area contributed by atoms with Crippen LogP contribution in [0.2, 0.25) is 0 Å². The molecule has 0 aliphatic heterocycles. The number of nitrogens with zero attached hydrogens (tertiary/aromatic N) is 4. The highest BCUT2D eigenvalue weighted by atomic mass is 19.3. The van der Waals surface area contributed by atoms with Crippen LogP contribution in [0.4, 0.5) is 14.6 Å². The van der Waals surface area contributed by atoms with Crippen molar-refractivity contribution in [3.63, 3.8) is 0 Å². The standard InChI is InChI=1S/C16H19F2N5O3/c1-10-4-7-23(22-10)15-20-12(8-13(21-15)26-14(25)9-24)19-11-2-5-16(17,18)6-3-11/h4,7-8,11,24H,2-3,5-6,9H2,1H3,(H,19,20,21). The Kier molecular flexibility index (Phi) is 5.12. The molecule has 2 aromatic rings. The SMILES string of the molecule is Cc1ccn(-c2nc(NC3CCC(F)(F)CC3)cc(OC(=O)CO)n2)n1. The maximum atomic E-state index is 13.3. The summed E-state index contributed by atoms with van der Waals surface area (Å²) < 4.78 is 33.0. The Balaban J connectivity index is 1.83. The summed E-state index contributed by atoms with van der Waals surface area (Å²) in [6.45, 7) is 1.01. The van der Waals surface area contributed by atoms with Crippen LogP contribution in [0.3, 0.4) is 0 Å². The van der Waals surface area contributed by atoms with Gasteiger partial charge in [-0.1, -0.05) is 0 Å². The predicted octanol–water partition coefficient (Wildman–Crippen LogP) is 1.86. The number of hydrogen-bond acceptors (Lipinski definition) is 7. The quantitative estimate of drug-likeness (QED) is 0.778. The summed E-state index contributed by atoms with van der Waals surface area (Å²) in [7, 11) is 0. The number of carbonyl (C=O) groups is 1. The molecule has 0 radical (unpaired) electrons. The average Bonchev–Trinajstić information content (AvgIpc) is 3.03. The van der Waals surface area contributed by atoms with Crippen LogP contribution in [-0.4, -0.2) is 49.4 Å². The van der Waals surface area contributed by atoms with E-state index in [4.69, 9.17) is 9.84 Å². The van der Waals surface area contributed by atoms with E-state index in [0.29, 0.717) is 18.7 Å². The van der Waals surface area contributed by atoms with E-state index in [0.717, 1.165) is 5.69 Å². The summed E-state index contributed by atoms with van der Waals surface area (Å²) in [5, 5.41) is 16.1. The first-order valence-electron chi connectivity index (χ1n) is 8.22. The number of aryl methyl sites for hydroxylation is 1. The van der Waals surface area contributed by atoms with E-state index >= 15 is 0 Å². The number of esters is 1. The molecule has 140 valence electrons. The van der Waals surface area contributed by atoms with E-state index in [-0.39, 0.29) is 30.7 Å². The zero-order valence-corrected chi connectivity index (χ0v) is 14.2. The van der Waals surface area contributed by atoms with Crippen LogP contribution in [0.25, 0.3) is 5.95 Å². The molecule has 1 saturated carbocycles. The maximum Gasteiger partial charge on any atom is 0.338 e. The summed E-state index contributed by atoms with van der Waals surface area (Å²) in [6, 6.07) is 2.98. The van der Waals surface area contributed by atoms with Gasteiger partial charge in [0.15, 0.2) is 0 Å². The van der Waals surface area contributed by atoms with Crippen molar-refractivity contribution in [3.8, 4) is 11.8 Å². The van der Waals surface area contributed by atoms with Crippen LogP contribution >= 0.6 is 0 Å². The van der Waals surface area contributed by atoms with E-state index in [1.54, 1.807) is 19.2 Å².